The van der Waals surface area contributed by atoms with Gasteiger partial charge in [0.05, 0.1) is 5.52 Å². The standard InChI is InChI=1S/C33H30Cl2F2N6O2/c1-19(36)32(44)43-11-10-42(17-23(43)15-38-2)31-26-13-28(35)25(24-8-4-6-20-7-5-9-27(34)30(20)24)14-29(26)39-33(40-31)45-18-22-12-21(37)16-41(22)3/h4-9,13-14,21-23H,1,10-12,15-18H2,3H3/t21-,22+,23+/m1/s1. The summed E-state index contributed by atoms with van der Waals surface area (Å²) in [5.41, 5.74) is 2.11. The maximum atomic E-state index is 14.1. The van der Waals surface area contributed by atoms with Crippen molar-refractivity contribution in [2.45, 2.75) is 24.7 Å². The molecule has 0 aliphatic carbocycles. The Balaban J connectivity index is 1.44. The van der Waals surface area contributed by atoms with Crippen LogP contribution in [0.1, 0.15) is 6.42 Å². The molecule has 0 N–H and O–H groups in total. The number of alkyl halides is 1. The molecular weight excluding hydrogens is 621 g/mol. The third kappa shape index (κ3) is 6.12. The van der Waals surface area contributed by atoms with Crippen molar-refractivity contribution in [3.05, 3.63) is 82.4 Å². The number of fused-ring (bicyclic) bond motifs is 2. The van der Waals surface area contributed by atoms with Gasteiger partial charge in [-0.3, -0.25) is 9.69 Å². The second kappa shape index (κ2) is 12.8. The van der Waals surface area contributed by atoms with Crippen molar-refractivity contribution in [1.82, 2.24) is 19.8 Å². The molecular formula is C33H30Cl2F2N6O2. The van der Waals surface area contributed by atoms with Crippen LogP contribution in [0.2, 0.25) is 10.0 Å². The Hall–Kier alpha value is -4.04. The average molecular weight is 652 g/mol. The largest absolute Gasteiger partial charge is 0.462 e. The Bertz CT molecular complexity index is 1840. The summed E-state index contributed by atoms with van der Waals surface area (Å²) >= 11 is 13.6. The molecule has 4 aromatic rings. The van der Waals surface area contributed by atoms with Gasteiger partial charge in [-0.05, 0) is 42.6 Å². The highest BCUT2D eigenvalue weighted by molar-refractivity contribution is 6.38. The number of nitrogens with zero attached hydrogens (tertiary/aromatic N) is 6. The first-order valence-electron chi connectivity index (χ1n) is 14.5. The van der Waals surface area contributed by atoms with Crippen molar-refractivity contribution >= 4 is 56.6 Å². The third-order valence-electron chi connectivity index (χ3n) is 8.51. The van der Waals surface area contributed by atoms with E-state index in [4.69, 9.17) is 44.5 Å². The summed E-state index contributed by atoms with van der Waals surface area (Å²) in [6.07, 6.45) is -0.570. The highest BCUT2D eigenvalue weighted by Crippen LogP contribution is 2.41. The van der Waals surface area contributed by atoms with E-state index in [1.165, 1.54) is 4.90 Å². The zero-order chi connectivity index (χ0) is 31.8. The lowest BCUT2D eigenvalue weighted by Gasteiger charge is -2.39. The monoisotopic (exact) mass is 650 g/mol. The van der Waals surface area contributed by atoms with E-state index in [9.17, 15) is 13.6 Å². The van der Waals surface area contributed by atoms with Crippen molar-refractivity contribution in [2.75, 3.05) is 51.3 Å². The summed E-state index contributed by atoms with van der Waals surface area (Å²) < 4.78 is 34.0. The minimum Gasteiger partial charge on any atom is -0.462 e. The van der Waals surface area contributed by atoms with Crippen LogP contribution >= 0.6 is 23.2 Å². The van der Waals surface area contributed by atoms with E-state index in [2.05, 4.69) is 11.4 Å². The van der Waals surface area contributed by atoms with Gasteiger partial charge in [0, 0.05) is 58.6 Å². The van der Waals surface area contributed by atoms with Crippen LogP contribution < -0.4 is 9.64 Å². The molecule has 2 saturated heterocycles. The van der Waals surface area contributed by atoms with Crippen LogP contribution in [0.5, 0.6) is 6.01 Å². The van der Waals surface area contributed by atoms with E-state index >= 15 is 0 Å². The van der Waals surface area contributed by atoms with Crippen molar-refractivity contribution in [1.29, 1.82) is 0 Å². The van der Waals surface area contributed by atoms with Gasteiger partial charge < -0.3 is 19.4 Å². The molecule has 2 fully saturated rings. The maximum absolute atomic E-state index is 14.1. The number of piperazine rings is 1. The van der Waals surface area contributed by atoms with Crippen LogP contribution in [0.25, 0.3) is 37.6 Å². The van der Waals surface area contributed by atoms with Crippen molar-refractivity contribution in [3.8, 4) is 17.1 Å². The fourth-order valence-electron chi connectivity index (χ4n) is 6.25. The van der Waals surface area contributed by atoms with Gasteiger partial charge in [0.25, 0.3) is 5.91 Å². The molecule has 1 amide bonds. The Morgan fingerprint density at radius 3 is 2.58 bits per heavy atom. The molecule has 0 unspecified atom stereocenters. The van der Waals surface area contributed by atoms with Gasteiger partial charge in [0.1, 0.15) is 24.6 Å². The number of benzene rings is 3. The Labute approximate surface area is 269 Å². The number of aromatic nitrogens is 2. The average Bonchev–Trinajstić information content (AvgIpc) is 3.35. The third-order valence-corrected chi connectivity index (χ3v) is 9.13. The van der Waals surface area contributed by atoms with Crippen molar-refractivity contribution in [3.63, 3.8) is 0 Å². The number of carbonyl (C=O) groups excluding carboxylic acids is 1. The molecule has 3 aromatic carbocycles. The zero-order valence-electron chi connectivity index (χ0n) is 24.5. The Morgan fingerprint density at radius 1 is 1.09 bits per heavy atom. The summed E-state index contributed by atoms with van der Waals surface area (Å²) in [5, 5.41) is 3.50. The maximum Gasteiger partial charge on any atom is 0.319 e. The van der Waals surface area contributed by atoms with Gasteiger partial charge in [-0.2, -0.15) is 9.97 Å². The van der Waals surface area contributed by atoms with Gasteiger partial charge in [0.2, 0.25) is 6.54 Å². The molecule has 0 bridgehead atoms. The summed E-state index contributed by atoms with van der Waals surface area (Å²) in [7, 11) is 1.86. The minimum atomic E-state index is -1.07. The number of anilines is 1. The molecule has 0 saturated carbocycles. The SMILES string of the molecule is [C-]#[N+]C[C@H]1CN(c2nc(OC[C@@H]3C[C@@H](F)CN3C)nc3cc(-c4cccc5cccc(Cl)c45)c(Cl)cc23)CCN1C(=O)C(=C)F. The molecule has 0 spiro atoms. The number of rotatable bonds is 7. The number of likely N-dealkylation sites (tertiary alicyclic amines) is 1. The molecule has 3 atom stereocenters. The highest BCUT2D eigenvalue weighted by atomic mass is 35.5. The van der Waals surface area contributed by atoms with Gasteiger partial charge in [0.15, 0.2) is 5.83 Å². The van der Waals surface area contributed by atoms with Crippen LogP contribution in [0, 0.1) is 6.57 Å². The zero-order valence-corrected chi connectivity index (χ0v) is 26.0. The predicted octanol–water partition coefficient (Wildman–Crippen LogP) is 6.60. The quantitative estimate of drug-likeness (QED) is 0.166. The number of ether oxygens (including phenoxy) is 1. The van der Waals surface area contributed by atoms with Crippen molar-refractivity contribution in [2.24, 2.45) is 0 Å². The molecule has 45 heavy (non-hydrogen) atoms. The molecule has 232 valence electrons. The molecule has 2 aliphatic rings. The second-order valence-electron chi connectivity index (χ2n) is 11.4. The molecule has 2 aliphatic heterocycles. The lowest BCUT2D eigenvalue weighted by molar-refractivity contribution is -0.131. The first-order valence-corrected chi connectivity index (χ1v) is 15.3. The van der Waals surface area contributed by atoms with Gasteiger partial charge in [-0.1, -0.05) is 60.1 Å². The molecule has 8 nitrogen and oxygen atoms in total. The Kier molecular flexibility index (Phi) is 8.78. The molecule has 6 rings (SSSR count). The summed E-state index contributed by atoms with van der Waals surface area (Å²) in [4.78, 5) is 30.7. The van der Waals surface area contributed by atoms with Crippen molar-refractivity contribution < 1.29 is 18.3 Å². The van der Waals surface area contributed by atoms with E-state index in [0.29, 0.717) is 46.3 Å². The molecule has 3 heterocycles. The van der Waals surface area contributed by atoms with Crippen LogP contribution in [0.4, 0.5) is 14.6 Å². The van der Waals surface area contributed by atoms with E-state index in [1.807, 2.05) is 59.3 Å². The molecule has 0 radical (unpaired) electrons. The number of likely N-dealkylation sites (N-methyl/N-ethyl adjacent to an activating group) is 1. The first-order chi connectivity index (χ1) is 21.6. The van der Waals surface area contributed by atoms with Gasteiger partial charge >= 0.3 is 6.01 Å². The molecule has 1 aromatic heterocycles. The van der Waals surface area contributed by atoms with E-state index in [-0.39, 0.29) is 38.3 Å². The van der Waals surface area contributed by atoms with Crippen LogP contribution in [0.3, 0.4) is 0 Å². The topological polar surface area (TPSA) is 66.2 Å². The summed E-state index contributed by atoms with van der Waals surface area (Å²) in [6, 6.07) is 14.6. The second-order valence-corrected chi connectivity index (χ2v) is 12.2. The number of carbonyl (C=O) groups is 1. The number of halogens is 4. The minimum absolute atomic E-state index is 0.0208. The molecule has 12 heteroatoms. The smallest absolute Gasteiger partial charge is 0.319 e. The van der Waals surface area contributed by atoms with Gasteiger partial charge in [-0.15, -0.1) is 0 Å². The highest BCUT2D eigenvalue weighted by Gasteiger charge is 2.35. The first kappa shape index (κ1) is 31.0. The Morgan fingerprint density at radius 2 is 1.87 bits per heavy atom. The fourth-order valence-corrected chi connectivity index (χ4v) is 6.80. The number of hydrogen-bond acceptors (Lipinski definition) is 6. The number of hydrogen-bond donors (Lipinski definition) is 0. The fraction of sp³-hybridized carbons (Fsp3) is 0.333. The van der Waals surface area contributed by atoms with Crippen LogP contribution in [-0.2, 0) is 4.79 Å². The van der Waals surface area contributed by atoms with Crippen LogP contribution in [0.15, 0.2) is 60.9 Å². The van der Waals surface area contributed by atoms with E-state index in [1.54, 1.807) is 6.07 Å². The van der Waals surface area contributed by atoms with Crippen LogP contribution in [-0.4, -0.2) is 90.3 Å². The number of amides is 1. The van der Waals surface area contributed by atoms with E-state index in [0.717, 1.165) is 21.9 Å². The lowest BCUT2D eigenvalue weighted by Crippen LogP contribution is -2.56. The summed E-state index contributed by atoms with van der Waals surface area (Å²) in [5.74, 6) is -1.39. The van der Waals surface area contributed by atoms with E-state index < -0.39 is 23.9 Å². The summed E-state index contributed by atoms with van der Waals surface area (Å²) in [6.45, 7) is 11.8. The lowest BCUT2D eigenvalue weighted by atomic mass is 9.97. The normalized spacial score (nSPS) is 20.5. The van der Waals surface area contributed by atoms with Gasteiger partial charge in [-0.25, -0.2) is 15.4 Å². The predicted molar refractivity (Wildman–Crippen MR) is 173 cm³/mol.